The second-order valence-corrected chi connectivity index (χ2v) is 7.08. The van der Waals surface area contributed by atoms with Crippen LogP contribution in [0.3, 0.4) is 0 Å². The van der Waals surface area contributed by atoms with Gasteiger partial charge in [-0.05, 0) is 68.5 Å². The summed E-state index contributed by atoms with van der Waals surface area (Å²) in [5.74, 6) is 0.0739. The van der Waals surface area contributed by atoms with Gasteiger partial charge in [-0.2, -0.15) is 0 Å². The van der Waals surface area contributed by atoms with E-state index in [1.165, 1.54) is 0 Å². The Kier molecular flexibility index (Phi) is 5.71. The van der Waals surface area contributed by atoms with Crippen LogP contribution in [0.15, 0.2) is 48.5 Å². The zero-order valence-electron chi connectivity index (χ0n) is 16.3. The minimum Gasteiger partial charge on any atom is -0.355 e. The first-order valence-corrected chi connectivity index (χ1v) is 9.69. The number of carbonyl (C=O) groups is 1. The van der Waals surface area contributed by atoms with Gasteiger partial charge in [-0.1, -0.05) is 35.9 Å². The summed E-state index contributed by atoms with van der Waals surface area (Å²) in [6.45, 7) is 9.46. The lowest BCUT2D eigenvalue weighted by Gasteiger charge is -2.21. The van der Waals surface area contributed by atoms with Gasteiger partial charge in [0.15, 0.2) is 0 Å². The lowest BCUT2D eigenvalue weighted by Crippen LogP contribution is -2.30. The zero-order chi connectivity index (χ0) is 19.6. The minimum atomic E-state index is 0.0739. The van der Waals surface area contributed by atoms with Gasteiger partial charge in [0.05, 0.1) is 0 Å². The van der Waals surface area contributed by atoms with E-state index in [0.717, 1.165) is 43.9 Å². The van der Waals surface area contributed by atoms with Gasteiger partial charge in [-0.3, -0.25) is 4.79 Å². The van der Waals surface area contributed by atoms with Gasteiger partial charge in [-0.25, -0.2) is 0 Å². The Morgan fingerprint density at radius 1 is 0.963 bits per heavy atom. The van der Waals surface area contributed by atoms with Crippen molar-refractivity contribution in [2.75, 3.05) is 18.4 Å². The summed E-state index contributed by atoms with van der Waals surface area (Å²) in [6.07, 6.45) is 0. The van der Waals surface area contributed by atoms with Crippen molar-refractivity contribution in [3.8, 4) is 0 Å². The molecule has 0 unspecified atom stereocenters. The predicted octanol–water partition coefficient (Wildman–Crippen LogP) is 6.34. The number of anilines is 2. The summed E-state index contributed by atoms with van der Waals surface area (Å²) in [6, 6.07) is 15.9. The fourth-order valence-corrected chi connectivity index (χ4v) is 3.62. The van der Waals surface area contributed by atoms with Crippen molar-refractivity contribution in [2.24, 2.45) is 0 Å². The van der Waals surface area contributed by atoms with Gasteiger partial charge in [0.2, 0.25) is 0 Å². The van der Waals surface area contributed by atoms with E-state index >= 15 is 0 Å². The van der Waals surface area contributed by atoms with Crippen LogP contribution in [0, 0.1) is 13.8 Å². The molecule has 3 aromatic carbocycles. The summed E-state index contributed by atoms with van der Waals surface area (Å²) < 4.78 is 0. The maximum absolute atomic E-state index is 13.0. The first-order chi connectivity index (χ1) is 13.0. The molecule has 27 heavy (non-hydrogen) atoms. The molecular weight excluding hydrogens is 356 g/mol. The van der Waals surface area contributed by atoms with Crippen LogP contribution in [0.25, 0.3) is 10.8 Å². The molecule has 0 aliphatic carbocycles. The molecule has 3 rings (SSSR count). The third-order valence-electron chi connectivity index (χ3n) is 5.07. The lowest BCUT2D eigenvalue weighted by molar-refractivity contribution is 0.0775. The maximum atomic E-state index is 13.0. The fourth-order valence-electron chi connectivity index (χ4n) is 3.45. The minimum absolute atomic E-state index is 0.0739. The highest BCUT2D eigenvalue weighted by molar-refractivity contribution is 6.31. The Morgan fingerprint density at radius 2 is 1.67 bits per heavy atom. The van der Waals surface area contributed by atoms with Crippen molar-refractivity contribution in [1.29, 1.82) is 0 Å². The summed E-state index contributed by atoms with van der Waals surface area (Å²) in [5.41, 5.74) is 4.78. The number of rotatable bonds is 5. The number of halogens is 1. The van der Waals surface area contributed by atoms with Crippen LogP contribution < -0.4 is 5.32 Å². The van der Waals surface area contributed by atoms with Gasteiger partial charge in [0.25, 0.3) is 5.91 Å². The number of fused-ring (bicyclic) bond motifs is 1. The van der Waals surface area contributed by atoms with Gasteiger partial charge in [0.1, 0.15) is 0 Å². The largest absolute Gasteiger partial charge is 0.355 e. The third kappa shape index (κ3) is 3.65. The molecule has 0 saturated heterocycles. The first-order valence-electron chi connectivity index (χ1n) is 9.31. The Labute approximate surface area is 165 Å². The molecule has 140 valence electrons. The van der Waals surface area contributed by atoms with E-state index in [4.69, 9.17) is 11.6 Å². The van der Waals surface area contributed by atoms with Crippen LogP contribution in [0.2, 0.25) is 5.02 Å². The van der Waals surface area contributed by atoms with E-state index in [9.17, 15) is 4.79 Å². The number of hydrogen-bond acceptors (Lipinski definition) is 2. The molecule has 0 spiro atoms. The second kappa shape index (κ2) is 8.01. The monoisotopic (exact) mass is 380 g/mol. The highest BCUT2D eigenvalue weighted by Crippen LogP contribution is 2.34. The Hall–Kier alpha value is -2.52. The topological polar surface area (TPSA) is 32.3 Å². The molecule has 0 aliphatic rings. The molecule has 0 saturated carbocycles. The van der Waals surface area contributed by atoms with Gasteiger partial charge in [0, 0.05) is 40.4 Å². The SMILES string of the molecule is CCN(CC)C(=O)c1ccc(Nc2cccc(Cl)c2C)c2cccc(C)c12. The molecule has 0 heterocycles. The van der Waals surface area contributed by atoms with Crippen molar-refractivity contribution in [1.82, 2.24) is 4.90 Å². The first kappa shape index (κ1) is 19.2. The van der Waals surface area contributed by atoms with E-state index in [1.54, 1.807) is 0 Å². The number of aryl methyl sites for hydroxylation is 1. The van der Waals surface area contributed by atoms with Crippen LogP contribution in [-0.2, 0) is 0 Å². The summed E-state index contributed by atoms with van der Waals surface area (Å²) in [7, 11) is 0. The van der Waals surface area contributed by atoms with Crippen molar-refractivity contribution in [2.45, 2.75) is 27.7 Å². The molecule has 0 bridgehead atoms. The Morgan fingerprint density at radius 3 is 2.37 bits per heavy atom. The summed E-state index contributed by atoms with van der Waals surface area (Å²) in [4.78, 5) is 14.9. The summed E-state index contributed by atoms with van der Waals surface area (Å²) >= 11 is 6.27. The maximum Gasteiger partial charge on any atom is 0.254 e. The van der Waals surface area contributed by atoms with Crippen LogP contribution in [0.5, 0.6) is 0 Å². The summed E-state index contributed by atoms with van der Waals surface area (Å²) in [5, 5.41) is 6.26. The molecule has 1 amide bonds. The van der Waals surface area contributed by atoms with Gasteiger partial charge >= 0.3 is 0 Å². The molecule has 0 aromatic heterocycles. The van der Waals surface area contributed by atoms with E-state index in [1.807, 2.05) is 62.1 Å². The van der Waals surface area contributed by atoms with Crippen molar-refractivity contribution in [3.63, 3.8) is 0 Å². The van der Waals surface area contributed by atoms with E-state index in [-0.39, 0.29) is 5.91 Å². The molecule has 0 atom stereocenters. The molecule has 0 aliphatic heterocycles. The predicted molar refractivity (Wildman–Crippen MR) is 115 cm³/mol. The highest BCUT2D eigenvalue weighted by atomic mass is 35.5. The number of amides is 1. The van der Waals surface area contributed by atoms with Gasteiger partial charge < -0.3 is 10.2 Å². The standard InChI is InChI=1S/C23H25ClN2O/c1-5-26(6-2)23(27)18-13-14-21(17-10-7-9-15(3)22(17)18)25-20-12-8-11-19(24)16(20)4/h7-14,25H,5-6H2,1-4H3. The average molecular weight is 381 g/mol. The van der Waals surface area contributed by atoms with Crippen molar-refractivity contribution in [3.05, 3.63) is 70.2 Å². The Balaban J connectivity index is 2.15. The van der Waals surface area contributed by atoms with Gasteiger partial charge in [-0.15, -0.1) is 0 Å². The molecule has 0 fully saturated rings. The van der Waals surface area contributed by atoms with Crippen LogP contribution in [0.4, 0.5) is 11.4 Å². The molecule has 3 nitrogen and oxygen atoms in total. The molecule has 3 aromatic rings. The molecular formula is C23H25ClN2O. The Bertz CT molecular complexity index is 993. The smallest absolute Gasteiger partial charge is 0.254 e. The number of hydrogen-bond donors (Lipinski definition) is 1. The number of nitrogens with zero attached hydrogens (tertiary/aromatic N) is 1. The molecule has 4 heteroatoms. The number of nitrogens with one attached hydrogen (secondary N) is 1. The average Bonchev–Trinajstić information content (AvgIpc) is 2.67. The quantitative estimate of drug-likeness (QED) is 0.560. The highest BCUT2D eigenvalue weighted by Gasteiger charge is 2.18. The molecule has 0 radical (unpaired) electrons. The zero-order valence-corrected chi connectivity index (χ0v) is 17.0. The number of carbonyl (C=O) groups excluding carboxylic acids is 1. The fraction of sp³-hybridized carbons (Fsp3) is 0.261. The third-order valence-corrected chi connectivity index (χ3v) is 5.48. The van der Waals surface area contributed by atoms with E-state index in [2.05, 4.69) is 24.4 Å². The number of benzene rings is 3. The van der Waals surface area contributed by atoms with Crippen LogP contribution in [0.1, 0.15) is 35.3 Å². The molecule has 1 N–H and O–H groups in total. The van der Waals surface area contributed by atoms with E-state index in [0.29, 0.717) is 13.1 Å². The lowest BCUT2D eigenvalue weighted by atomic mass is 9.97. The normalized spacial score (nSPS) is 10.9. The van der Waals surface area contributed by atoms with Crippen molar-refractivity contribution < 1.29 is 4.79 Å². The van der Waals surface area contributed by atoms with E-state index < -0.39 is 0 Å². The second-order valence-electron chi connectivity index (χ2n) is 6.67. The van der Waals surface area contributed by atoms with Crippen LogP contribution >= 0.6 is 11.6 Å². The van der Waals surface area contributed by atoms with Crippen molar-refractivity contribution >= 4 is 39.7 Å². The van der Waals surface area contributed by atoms with Crippen LogP contribution in [-0.4, -0.2) is 23.9 Å².